The van der Waals surface area contributed by atoms with Crippen molar-refractivity contribution in [2.75, 3.05) is 20.3 Å². The van der Waals surface area contributed by atoms with Crippen LogP contribution in [0.25, 0.3) is 0 Å². The molecule has 0 spiro atoms. The number of fused-ring (bicyclic) bond motifs is 1. The lowest BCUT2D eigenvalue weighted by molar-refractivity contribution is -0.141. The van der Waals surface area contributed by atoms with Crippen molar-refractivity contribution in [2.24, 2.45) is 11.7 Å². The second kappa shape index (κ2) is 7.00. The summed E-state index contributed by atoms with van der Waals surface area (Å²) < 4.78 is 15.7. The van der Waals surface area contributed by atoms with Gasteiger partial charge in [-0.1, -0.05) is 18.5 Å². The molecular formula is C15H20ClNO4. The number of rotatable bonds is 5. The van der Waals surface area contributed by atoms with Crippen LogP contribution in [-0.2, 0) is 9.53 Å². The molecule has 1 aromatic rings. The average molecular weight is 314 g/mol. The summed E-state index contributed by atoms with van der Waals surface area (Å²) in [4.78, 5) is 11.3. The van der Waals surface area contributed by atoms with Gasteiger partial charge in [0.25, 0.3) is 0 Å². The highest BCUT2D eigenvalue weighted by Gasteiger charge is 2.21. The van der Waals surface area contributed by atoms with Crippen LogP contribution >= 0.6 is 11.6 Å². The van der Waals surface area contributed by atoms with E-state index in [1.54, 1.807) is 6.07 Å². The Balaban J connectivity index is 2.08. The Kier molecular flexibility index (Phi) is 5.31. The average Bonchev–Trinajstić information content (AvgIpc) is 2.46. The van der Waals surface area contributed by atoms with Crippen LogP contribution in [0.3, 0.4) is 0 Å². The molecule has 2 atom stereocenters. The van der Waals surface area contributed by atoms with Gasteiger partial charge in [0.1, 0.15) is 13.2 Å². The van der Waals surface area contributed by atoms with Crippen LogP contribution in [0.5, 0.6) is 11.5 Å². The Bertz CT molecular complexity index is 521. The molecule has 2 N–H and O–H groups in total. The molecule has 2 unspecified atom stereocenters. The van der Waals surface area contributed by atoms with E-state index in [1.807, 2.05) is 13.0 Å². The van der Waals surface area contributed by atoms with E-state index in [0.717, 1.165) is 5.56 Å². The fourth-order valence-electron chi connectivity index (χ4n) is 2.38. The quantitative estimate of drug-likeness (QED) is 0.846. The third-order valence-corrected chi connectivity index (χ3v) is 3.79. The Morgan fingerprint density at radius 2 is 2.00 bits per heavy atom. The second-order valence-corrected chi connectivity index (χ2v) is 5.65. The molecule has 21 heavy (non-hydrogen) atoms. The number of carbonyl (C=O) groups is 1. The van der Waals surface area contributed by atoms with Crippen molar-refractivity contribution >= 4 is 17.6 Å². The smallest absolute Gasteiger partial charge is 0.305 e. The van der Waals surface area contributed by atoms with E-state index in [-0.39, 0.29) is 17.9 Å². The van der Waals surface area contributed by atoms with Crippen molar-refractivity contribution < 1.29 is 19.0 Å². The molecule has 0 radical (unpaired) electrons. The number of hydrogen-bond donors (Lipinski definition) is 1. The summed E-state index contributed by atoms with van der Waals surface area (Å²) >= 11 is 6.27. The zero-order chi connectivity index (χ0) is 15.4. The topological polar surface area (TPSA) is 70.8 Å². The lowest BCUT2D eigenvalue weighted by Crippen LogP contribution is -2.19. The standard InChI is InChI=1S/C15H20ClNO4/c1-9(6-15(18)19-2)5-12(17)10-7-13-14(8-11(10)16)21-4-3-20-13/h7-9,12H,3-6,17H2,1-2H3. The maximum absolute atomic E-state index is 11.3. The third kappa shape index (κ3) is 4.02. The van der Waals surface area contributed by atoms with Gasteiger partial charge < -0.3 is 19.9 Å². The molecule has 0 saturated carbocycles. The molecule has 2 rings (SSSR count). The van der Waals surface area contributed by atoms with Crippen LogP contribution in [-0.4, -0.2) is 26.3 Å². The number of ether oxygens (including phenoxy) is 3. The van der Waals surface area contributed by atoms with Gasteiger partial charge in [0.15, 0.2) is 11.5 Å². The molecule has 1 aromatic carbocycles. The summed E-state index contributed by atoms with van der Waals surface area (Å²) in [6, 6.07) is 3.29. The van der Waals surface area contributed by atoms with E-state index in [4.69, 9.17) is 26.8 Å². The summed E-state index contributed by atoms with van der Waals surface area (Å²) in [7, 11) is 1.38. The minimum absolute atomic E-state index is 0.108. The largest absolute Gasteiger partial charge is 0.486 e. The van der Waals surface area contributed by atoms with E-state index in [0.29, 0.717) is 42.6 Å². The van der Waals surface area contributed by atoms with Gasteiger partial charge in [-0.05, 0) is 24.0 Å². The number of carbonyl (C=O) groups excluding carboxylic acids is 1. The first kappa shape index (κ1) is 15.9. The van der Waals surface area contributed by atoms with Crippen molar-refractivity contribution in [3.05, 3.63) is 22.7 Å². The molecule has 6 heteroatoms. The first-order valence-electron chi connectivity index (χ1n) is 6.92. The van der Waals surface area contributed by atoms with Gasteiger partial charge in [-0.15, -0.1) is 0 Å². The molecule has 116 valence electrons. The monoisotopic (exact) mass is 313 g/mol. The van der Waals surface area contributed by atoms with E-state index >= 15 is 0 Å². The van der Waals surface area contributed by atoms with Gasteiger partial charge in [0.2, 0.25) is 0 Å². The Labute approximate surface area is 129 Å². The number of nitrogens with two attached hydrogens (primary N) is 1. The molecule has 0 amide bonds. The number of methoxy groups -OCH3 is 1. The fraction of sp³-hybridized carbons (Fsp3) is 0.533. The summed E-state index contributed by atoms with van der Waals surface area (Å²) in [6.45, 7) is 3.00. The van der Waals surface area contributed by atoms with Crippen molar-refractivity contribution in [3.63, 3.8) is 0 Å². The van der Waals surface area contributed by atoms with Crippen LogP contribution in [0.1, 0.15) is 31.4 Å². The molecule has 1 aliphatic heterocycles. The van der Waals surface area contributed by atoms with Gasteiger partial charge in [-0.25, -0.2) is 0 Å². The lowest BCUT2D eigenvalue weighted by Gasteiger charge is -2.23. The highest BCUT2D eigenvalue weighted by Crippen LogP contribution is 2.38. The number of esters is 1. The van der Waals surface area contributed by atoms with Crippen LogP contribution < -0.4 is 15.2 Å². The number of hydrogen-bond acceptors (Lipinski definition) is 5. The van der Waals surface area contributed by atoms with Gasteiger partial charge >= 0.3 is 5.97 Å². The summed E-state index contributed by atoms with van der Waals surface area (Å²) in [5.74, 6) is 1.18. The minimum Gasteiger partial charge on any atom is -0.486 e. The number of halogens is 1. The predicted molar refractivity (Wildman–Crippen MR) is 79.8 cm³/mol. The van der Waals surface area contributed by atoms with Crippen LogP contribution in [0.2, 0.25) is 5.02 Å². The number of benzene rings is 1. The van der Waals surface area contributed by atoms with Crippen LogP contribution in [0.4, 0.5) is 0 Å². The molecule has 0 bridgehead atoms. The predicted octanol–water partition coefficient (Wildman–Crippen LogP) is 2.70. The van der Waals surface area contributed by atoms with E-state index in [1.165, 1.54) is 7.11 Å². The maximum Gasteiger partial charge on any atom is 0.305 e. The molecule has 0 fully saturated rings. The van der Waals surface area contributed by atoms with E-state index < -0.39 is 0 Å². The zero-order valence-electron chi connectivity index (χ0n) is 12.2. The fourth-order valence-corrected chi connectivity index (χ4v) is 2.67. The van der Waals surface area contributed by atoms with Gasteiger partial charge in [0, 0.05) is 23.6 Å². The normalized spacial score (nSPS) is 16.2. The van der Waals surface area contributed by atoms with Crippen molar-refractivity contribution in [1.82, 2.24) is 0 Å². The Hall–Kier alpha value is -1.46. The first-order chi connectivity index (χ1) is 10.0. The lowest BCUT2D eigenvalue weighted by atomic mass is 9.94. The van der Waals surface area contributed by atoms with Gasteiger partial charge in [0.05, 0.1) is 7.11 Å². The molecular weight excluding hydrogens is 294 g/mol. The summed E-state index contributed by atoms with van der Waals surface area (Å²) in [6.07, 6.45) is 0.973. The van der Waals surface area contributed by atoms with Crippen LogP contribution in [0.15, 0.2) is 12.1 Å². The first-order valence-corrected chi connectivity index (χ1v) is 7.30. The van der Waals surface area contributed by atoms with Gasteiger partial charge in [-0.3, -0.25) is 4.79 Å². The molecule has 0 aliphatic carbocycles. The highest BCUT2D eigenvalue weighted by molar-refractivity contribution is 6.31. The minimum atomic E-state index is -0.270. The zero-order valence-corrected chi connectivity index (χ0v) is 13.0. The maximum atomic E-state index is 11.3. The second-order valence-electron chi connectivity index (χ2n) is 5.25. The SMILES string of the molecule is COC(=O)CC(C)CC(N)c1cc2c(cc1Cl)OCCO2. The summed E-state index contributed by atoms with van der Waals surface area (Å²) in [5, 5.41) is 0.553. The van der Waals surface area contributed by atoms with Crippen LogP contribution in [0, 0.1) is 5.92 Å². The van der Waals surface area contributed by atoms with Crippen molar-refractivity contribution in [1.29, 1.82) is 0 Å². The van der Waals surface area contributed by atoms with Gasteiger partial charge in [-0.2, -0.15) is 0 Å². The van der Waals surface area contributed by atoms with E-state index in [2.05, 4.69) is 4.74 Å². The molecule has 0 saturated heterocycles. The third-order valence-electron chi connectivity index (χ3n) is 3.46. The van der Waals surface area contributed by atoms with Crippen molar-refractivity contribution in [3.8, 4) is 11.5 Å². The Morgan fingerprint density at radius 1 is 1.38 bits per heavy atom. The summed E-state index contributed by atoms with van der Waals surface area (Å²) in [5.41, 5.74) is 7.02. The molecule has 1 heterocycles. The molecule has 1 aliphatic rings. The molecule has 5 nitrogen and oxygen atoms in total. The van der Waals surface area contributed by atoms with Crippen molar-refractivity contribution in [2.45, 2.75) is 25.8 Å². The highest BCUT2D eigenvalue weighted by atomic mass is 35.5. The Morgan fingerprint density at radius 3 is 2.62 bits per heavy atom. The molecule has 0 aromatic heterocycles. The van der Waals surface area contributed by atoms with E-state index in [9.17, 15) is 4.79 Å².